The molecule has 0 aliphatic carbocycles. The molecule has 1 rings (SSSR count). The molecule has 6 nitrogen and oxygen atoms in total. The van der Waals surface area contributed by atoms with Crippen LogP contribution >= 0.6 is 0 Å². The lowest BCUT2D eigenvalue weighted by atomic mass is 10.2. The van der Waals surface area contributed by atoms with Crippen LogP contribution in [-0.4, -0.2) is 42.4 Å². The Morgan fingerprint density at radius 2 is 1.87 bits per heavy atom. The van der Waals surface area contributed by atoms with Crippen LogP contribution in [0.3, 0.4) is 0 Å². The maximum Gasteiger partial charge on any atom is 0.325 e. The fourth-order valence-corrected chi connectivity index (χ4v) is 1.91. The van der Waals surface area contributed by atoms with Crippen LogP contribution in [-0.2, 0) is 25.7 Å². The molecule has 0 saturated heterocycles. The number of hydrogen-bond acceptors (Lipinski definition) is 4. The van der Waals surface area contributed by atoms with Crippen molar-refractivity contribution in [3.63, 3.8) is 0 Å². The Morgan fingerprint density at radius 1 is 1.22 bits per heavy atom. The van der Waals surface area contributed by atoms with Gasteiger partial charge in [0.05, 0.1) is 6.61 Å². The van der Waals surface area contributed by atoms with Crippen molar-refractivity contribution in [1.29, 1.82) is 0 Å². The second kappa shape index (κ2) is 9.55. The third-order valence-electron chi connectivity index (χ3n) is 2.98. The van der Waals surface area contributed by atoms with E-state index in [1.54, 1.807) is 19.1 Å². The monoisotopic (exact) mass is 324 g/mol. The summed E-state index contributed by atoms with van der Waals surface area (Å²) in [5.41, 5.74) is 0.698. The van der Waals surface area contributed by atoms with Crippen LogP contribution in [0.15, 0.2) is 24.3 Å². The summed E-state index contributed by atoms with van der Waals surface area (Å²) in [5, 5.41) is 2.53. The first-order valence-corrected chi connectivity index (χ1v) is 7.34. The van der Waals surface area contributed by atoms with Crippen LogP contribution in [0.5, 0.6) is 0 Å². The molecule has 0 bridgehead atoms. The molecule has 1 aromatic rings. The van der Waals surface area contributed by atoms with Crippen LogP contribution in [0.4, 0.5) is 4.39 Å². The summed E-state index contributed by atoms with van der Waals surface area (Å²) < 4.78 is 17.8. The number of halogens is 1. The molecule has 0 heterocycles. The number of nitrogens with one attached hydrogen (secondary N) is 1. The van der Waals surface area contributed by atoms with Gasteiger partial charge in [-0.05, 0) is 24.6 Å². The summed E-state index contributed by atoms with van der Waals surface area (Å²) in [4.78, 5) is 36.0. The van der Waals surface area contributed by atoms with E-state index in [9.17, 15) is 18.8 Å². The zero-order valence-electron chi connectivity index (χ0n) is 13.3. The quantitative estimate of drug-likeness (QED) is 0.730. The van der Waals surface area contributed by atoms with Gasteiger partial charge in [0.15, 0.2) is 0 Å². The van der Waals surface area contributed by atoms with Crippen LogP contribution < -0.4 is 5.32 Å². The number of hydrogen-bond donors (Lipinski definition) is 1. The first-order valence-electron chi connectivity index (χ1n) is 7.34. The Balaban J connectivity index is 2.70. The van der Waals surface area contributed by atoms with Gasteiger partial charge in [0.2, 0.25) is 11.8 Å². The van der Waals surface area contributed by atoms with Gasteiger partial charge in [-0.25, -0.2) is 4.39 Å². The highest BCUT2D eigenvalue weighted by molar-refractivity contribution is 5.82. The summed E-state index contributed by atoms with van der Waals surface area (Å²) in [6.07, 6.45) is 0.0696. The van der Waals surface area contributed by atoms with E-state index in [4.69, 9.17) is 4.74 Å². The molecule has 0 aliphatic rings. The topological polar surface area (TPSA) is 75.7 Å². The highest BCUT2D eigenvalue weighted by Gasteiger charge is 2.18. The third-order valence-corrected chi connectivity index (χ3v) is 2.98. The van der Waals surface area contributed by atoms with Gasteiger partial charge in [-0.2, -0.15) is 0 Å². The molecule has 0 fully saturated rings. The molecule has 0 spiro atoms. The van der Waals surface area contributed by atoms with E-state index in [1.807, 2.05) is 0 Å². The number of benzene rings is 1. The second-order valence-electron chi connectivity index (χ2n) is 4.91. The summed E-state index contributed by atoms with van der Waals surface area (Å²) in [7, 11) is 0. The molecular weight excluding hydrogens is 303 g/mol. The number of nitrogens with zero attached hydrogens (tertiary/aromatic N) is 1. The van der Waals surface area contributed by atoms with Gasteiger partial charge < -0.3 is 15.0 Å². The SMILES string of the molecule is CCOC(=O)CN(Cc1ccc(F)cc1)C(=O)CCNC(C)=O. The summed E-state index contributed by atoms with van der Waals surface area (Å²) in [5.74, 6) is -1.41. The Kier molecular flexibility index (Phi) is 7.73. The second-order valence-corrected chi connectivity index (χ2v) is 4.91. The molecule has 0 atom stereocenters. The van der Waals surface area contributed by atoms with Gasteiger partial charge in [-0.15, -0.1) is 0 Å². The largest absolute Gasteiger partial charge is 0.465 e. The lowest BCUT2D eigenvalue weighted by Crippen LogP contribution is -2.37. The molecule has 7 heteroatoms. The summed E-state index contributed by atoms with van der Waals surface area (Å²) in [6.45, 7) is 3.43. The standard InChI is InChI=1S/C16H21FN2O4/c1-3-23-16(22)11-19(15(21)8-9-18-12(2)20)10-13-4-6-14(17)7-5-13/h4-7H,3,8-11H2,1-2H3,(H,18,20). The van der Waals surface area contributed by atoms with Gasteiger partial charge >= 0.3 is 5.97 Å². The number of rotatable bonds is 8. The highest BCUT2D eigenvalue weighted by Crippen LogP contribution is 2.08. The van der Waals surface area contributed by atoms with Gasteiger partial charge in [-0.1, -0.05) is 12.1 Å². The van der Waals surface area contributed by atoms with Crippen LogP contribution in [0.25, 0.3) is 0 Å². The van der Waals surface area contributed by atoms with Gasteiger partial charge in [-0.3, -0.25) is 14.4 Å². The lowest BCUT2D eigenvalue weighted by Gasteiger charge is -2.22. The molecule has 0 unspecified atom stereocenters. The maximum atomic E-state index is 12.9. The minimum Gasteiger partial charge on any atom is -0.465 e. The van der Waals surface area contributed by atoms with E-state index >= 15 is 0 Å². The van der Waals surface area contributed by atoms with Gasteiger partial charge in [0, 0.05) is 26.4 Å². The zero-order chi connectivity index (χ0) is 17.2. The van der Waals surface area contributed by atoms with Crippen molar-refractivity contribution in [2.45, 2.75) is 26.8 Å². The molecule has 1 aromatic carbocycles. The summed E-state index contributed by atoms with van der Waals surface area (Å²) >= 11 is 0. The van der Waals surface area contributed by atoms with Crippen molar-refractivity contribution in [3.05, 3.63) is 35.6 Å². The highest BCUT2D eigenvalue weighted by atomic mass is 19.1. The molecule has 0 aromatic heterocycles. The van der Waals surface area contributed by atoms with Gasteiger partial charge in [0.1, 0.15) is 12.4 Å². The predicted octanol–water partition coefficient (Wildman–Crippen LogP) is 1.24. The molecule has 0 saturated carbocycles. The third kappa shape index (κ3) is 7.39. The lowest BCUT2D eigenvalue weighted by molar-refractivity contribution is -0.149. The normalized spacial score (nSPS) is 10.0. The van der Waals surface area contributed by atoms with Crippen LogP contribution in [0.2, 0.25) is 0 Å². The van der Waals surface area contributed by atoms with Gasteiger partial charge in [0.25, 0.3) is 0 Å². The van der Waals surface area contributed by atoms with Crippen LogP contribution in [0.1, 0.15) is 25.8 Å². The molecule has 23 heavy (non-hydrogen) atoms. The molecule has 126 valence electrons. The van der Waals surface area contributed by atoms with Crippen molar-refractivity contribution in [3.8, 4) is 0 Å². The fourth-order valence-electron chi connectivity index (χ4n) is 1.91. The first-order chi connectivity index (χ1) is 10.9. The number of ether oxygens (including phenoxy) is 1. The van der Waals surface area contributed by atoms with E-state index in [0.717, 1.165) is 0 Å². The Hall–Kier alpha value is -2.44. The van der Waals surface area contributed by atoms with Crippen LogP contribution in [0, 0.1) is 5.82 Å². The molecule has 1 N–H and O–H groups in total. The van der Waals surface area contributed by atoms with E-state index in [0.29, 0.717) is 5.56 Å². The fraction of sp³-hybridized carbons (Fsp3) is 0.438. The van der Waals surface area contributed by atoms with E-state index in [1.165, 1.54) is 24.0 Å². The van der Waals surface area contributed by atoms with Crippen molar-refractivity contribution >= 4 is 17.8 Å². The Morgan fingerprint density at radius 3 is 2.43 bits per heavy atom. The van der Waals surface area contributed by atoms with Crippen molar-refractivity contribution in [1.82, 2.24) is 10.2 Å². The van der Waals surface area contributed by atoms with E-state index < -0.39 is 5.97 Å². The number of amides is 2. The number of carbonyl (C=O) groups excluding carboxylic acids is 3. The molecule has 0 radical (unpaired) electrons. The van der Waals surface area contributed by atoms with E-state index in [2.05, 4.69) is 5.32 Å². The zero-order valence-corrected chi connectivity index (χ0v) is 13.3. The molecule has 2 amide bonds. The summed E-state index contributed by atoms with van der Waals surface area (Å²) in [6, 6.07) is 5.68. The number of carbonyl (C=O) groups is 3. The minimum atomic E-state index is -0.512. The van der Waals surface area contributed by atoms with Crippen molar-refractivity contribution in [2.75, 3.05) is 19.7 Å². The molecule has 0 aliphatic heterocycles. The Bertz CT molecular complexity index is 546. The average Bonchev–Trinajstić information content (AvgIpc) is 2.48. The first kappa shape index (κ1) is 18.6. The molecular formula is C16H21FN2O4. The minimum absolute atomic E-state index is 0.0696. The smallest absolute Gasteiger partial charge is 0.325 e. The van der Waals surface area contributed by atoms with Crippen molar-refractivity contribution < 1.29 is 23.5 Å². The Labute approximate surface area is 134 Å². The maximum absolute atomic E-state index is 12.9. The van der Waals surface area contributed by atoms with E-state index in [-0.39, 0.29) is 50.3 Å². The number of esters is 1. The van der Waals surface area contributed by atoms with Crippen molar-refractivity contribution in [2.24, 2.45) is 0 Å². The predicted molar refractivity (Wildman–Crippen MR) is 81.8 cm³/mol. The average molecular weight is 324 g/mol.